The zero-order chi connectivity index (χ0) is 17.9. The van der Waals surface area contributed by atoms with Crippen LogP contribution in [0.3, 0.4) is 0 Å². The third kappa shape index (κ3) is 3.75. The van der Waals surface area contributed by atoms with E-state index in [-0.39, 0.29) is 28.6 Å². The van der Waals surface area contributed by atoms with Crippen LogP contribution in [0.1, 0.15) is 39.0 Å². The predicted molar refractivity (Wildman–Crippen MR) is 88.3 cm³/mol. The van der Waals surface area contributed by atoms with Crippen LogP contribution in [0.5, 0.6) is 0 Å². The van der Waals surface area contributed by atoms with Gasteiger partial charge in [-0.25, -0.2) is 0 Å². The van der Waals surface area contributed by atoms with Crippen molar-refractivity contribution in [2.45, 2.75) is 20.4 Å². The minimum atomic E-state index is -0.664. The van der Waals surface area contributed by atoms with E-state index in [2.05, 4.69) is 10.3 Å². The van der Waals surface area contributed by atoms with Crippen LogP contribution in [0.15, 0.2) is 30.3 Å². The number of Topliss-reactive ketones (excluding diaryl/α,β-unsaturated/α-hetero) is 1. The van der Waals surface area contributed by atoms with Gasteiger partial charge in [0, 0.05) is 17.3 Å². The van der Waals surface area contributed by atoms with E-state index in [4.69, 9.17) is 11.6 Å². The molecule has 7 nitrogen and oxygen atoms in total. The third-order valence-corrected chi connectivity index (χ3v) is 3.68. The Labute approximate surface area is 142 Å². The summed E-state index contributed by atoms with van der Waals surface area (Å²) in [6.45, 7) is 3.20. The predicted octanol–water partition coefficient (Wildman–Crippen LogP) is 3.08. The minimum absolute atomic E-state index is 0.00207. The highest BCUT2D eigenvalue weighted by atomic mass is 35.5. The second-order valence-corrected chi connectivity index (χ2v) is 5.47. The van der Waals surface area contributed by atoms with Crippen molar-refractivity contribution in [3.63, 3.8) is 0 Å². The number of hydrogen-bond acceptors (Lipinski definition) is 5. The maximum atomic E-state index is 12.2. The number of halogens is 1. The summed E-state index contributed by atoms with van der Waals surface area (Å²) < 4.78 is 0. The lowest BCUT2D eigenvalue weighted by molar-refractivity contribution is -0.385. The van der Waals surface area contributed by atoms with E-state index in [1.807, 2.05) is 0 Å². The van der Waals surface area contributed by atoms with Crippen LogP contribution in [0.2, 0.25) is 5.02 Å². The van der Waals surface area contributed by atoms with Gasteiger partial charge >= 0.3 is 0 Å². The van der Waals surface area contributed by atoms with Crippen LogP contribution in [-0.2, 0) is 6.54 Å². The number of nitro groups is 1. The van der Waals surface area contributed by atoms with Crippen LogP contribution >= 0.6 is 11.6 Å². The molecule has 2 aromatic rings. The molecule has 0 radical (unpaired) electrons. The zero-order valence-electron chi connectivity index (χ0n) is 13.0. The molecular weight excluding hydrogens is 334 g/mol. The maximum absolute atomic E-state index is 12.2. The highest BCUT2D eigenvalue weighted by Crippen LogP contribution is 2.26. The van der Waals surface area contributed by atoms with Gasteiger partial charge in [0.25, 0.3) is 11.6 Å². The van der Waals surface area contributed by atoms with Crippen LogP contribution in [0.4, 0.5) is 5.69 Å². The monoisotopic (exact) mass is 347 g/mol. The number of nitrogens with zero attached hydrogens (tertiary/aromatic N) is 2. The topological polar surface area (TPSA) is 102 Å². The molecule has 0 aliphatic rings. The van der Waals surface area contributed by atoms with Gasteiger partial charge in [-0.2, -0.15) is 0 Å². The summed E-state index contributed by atoms with van der Waals surface area (Å²) in [7, 11) is 0. The zero-order valence-corrected chi connectivity index (χ0v) is 13.8. The molecule has 0 saturated heterocycles. The van der Waals surface area contributed by atoms with Crippen molar-refractivity contribution in [2.24, 2.45) is 0 Å². The van der Waals surface area contributed by atoms with Crippen LogP contribution < -0.4 is 5.32 Å². The molecule has 8 heteroatoms. The molecule has 1 aromatic carbocycles. The number of benzene rings is 1. The van der Waals surface area contributed by atoms with Crippen molar-refractivity contribution in [1.29, 1.82) is 0 Å². The summed E-state index contributed by atoms with van der Waals surface area (Å²) in [6.07, 6.45) is 0. The number of amides is 1. The van der Waals surface area contributed by atoms with E-state index in [1.165, 1.54) is 25.1 Å². The summed E-state index contributed by atoms with van der Waals surface area (Å²) in [6, 6.07) is 7.27. The standard InChI is InChI=1S/C16H14ClN3O4/c1-9-12(10(2)21)7-6-11(19-9)8-18-16(22)15-13(17)4-3-5-14(15)20(23)24/h3-7H,8H2,1-2H3,(H,18,22). The van der Waals surface area contributed by atoms with Crippen LogP contribution in [0.25, 0.3) is 0 Å². The second-order valence-electron chi connectivity index (χ2n) is 5.07. The molecule has 1 N–H and O–H groups in total. The molecule has 0 aliphatic heterocycles. The molecule has 1 amide bonds. The highest BCUT2D eigenvalue weighted by Gasteiger charge is 2.23. The van der Waals surface area contributed by atoms with E-state index < -0.39 is 10.8 Å². The molecule has 124 valence electrons. The number of aryl methyl sites for hydroxylation is 1. The molecule has 0 spiro atoms. The van der Waals surface area contributed by atoms with E-state index in [9.17, 15) is 19.7 Å². The number of carbonyl (C=O) groups is 2. The molecule has 0 atom stereocenters. The highest BCUT2D eigenvalue weighted by molar-refractivity contribution is 6.34. The first-order chi connectivity index (χ1) is 11.3. The molecule has 24 heavy (non-hydrogen) atoms. The second kappa shape index (κ2) is 7.18. The fraction of sp³-hybridized carbons (Fsp3) is 0.188. The van der Waals surface area contributed by atoms with Crippen molar-refractivity contribution in [1.82, 2.24) is 10.3 Å². The summed E-state index contributed by atoms with van der Waals surface area (Å²) in [5, 5.41) is 13.6. The number of nitro benzene ring substituents is 1. The van der Waals surface area contributed by atoms with Crippen molar-refractivity contribution < 1.29 is 14.5 Å². The Balaban J connectivity index is 2.19. The Bertz CT molecular complexity index is 836. The fourth-order valence-electron chi connectivity index (χ4n) is 2.23. The van der Waals surface area contributed by atoms with E-state index in [0.717, 1.165) is 0 Å². The van der Waals surface area contributed by atoms with Gasteiger partial charge in [-0.1, -0.05) is 17.7 Å². The molecule has 0 unspecified atom stereocenters. The van der Waals surface area contributed by atoms with Gasteiger partial charge in [0.2, 0.25) is 0 Å². The van der Waals surface area contributed by atoms with E-state index in [0.29, 0.717) is 17.0 Å². The number of nitrogens with one attached hydrogen (secondary N) is 1. The van der Waals surface area contributed by atoms with Crippen molar-refractivity contribution in [3.05, 3.63) is 68.0 Å². The molecular formula is C16H14ClN3O4. The third-order valence-electron chi connectivity index (χ3n) is 3.37. The Morgan fingerprint density at radius 2 is 2.00 bits per heavy atom. The fourth-order valence-corrected chi connectivity index (χ4v) is 2.49. The van der Waals surface area contributed by atoms with Crippen molar-refractivity contribution >= 4 is 29.0 Å². The largest absolute Gasteiger partial charge is 0.346 e. The average Bonchev–Trinajstić information content (AvgIpc) is 2.51. The smallest absolute Gasteiger partial charge is 0.283 e. The van der Waals surface area contributed by atoms with Crippen LogP contribution in [0, 0.1) is 17.0 Å². The number of carbonyl (C=O) groups excluding carboxylic acids is 2. The summed E-state index contributed by atoms with van der Waals surface area (Å²) in [4.78, 5) is 38.2. The molecule has 2 rings (SSSR count). The lowest BCUT2D eigenvalue weighted by Gasteiger charge is -2.08. The first-order valence-corrected chi connectivity index (χ1v) is 7.37. The molecule has 0 saturated carbocycles. The quantitative estimate of drug-likeness (QED) is 0.508. The maximum Gasteiger partial charge on any atom is 0.283 e. The van der Waals surface area contributed by atoms with Gasteiger partial charge in [-0.05, 0) is 32.0 Å². The first-order valence-electron chi connectivity index (χ1n) is 7.00. The summed E-state index contributed by atoms with van der Waals surface area (Å²) in [5.41, 5.74) is 1.03. The molecule has 0 bridgehead atoms. The van der Waals surface area contributed by atoms with Gasteiger partial charge < -0.3 is 5.32 Å². The number of rotatable bonds is 5. The molecule has 0 fully saturated rings. The van der Waals surface area contributed by atoms with E-state index in [1.54, 1.807) is 19.1 Å². The molecule has 1 heterocycles. The van der Waals surface area contributed by atoms with Gasteiger partial charge in [-0.3, -0.25) is 24.7 Å². The normalized spacial score (nSPS) is 10.3. The number of ketones is 1. The van der Waals surface area contributed by atoms with E-state index >= 15 is 0 Å². The minimum Gasteiger partial charge on any atom is -0.346 e. The Hall–Kier alpha value is -2.80. The SMILES string of the molecule is CC(=O)c1ccc(CNC(=O)c2c(Cl)cccc2[N+](=O)[O-])nc1C. The van der Waals surface area contributed by atoms with Gasteiger partial charge in [0.05, 0.1) is 22.2 Å². The first kappa shape index (κ1) is 17.6. The number of pyridine rings is 1. The lowest BCUT2D eigenvalue weighted by Crippen LogP contribution is -2.24. The van der Waals surface area contributed by atoms with Crippen LogP contribution in [-0.4, -0.2) is 21.6 Å². The molecule has 1 aromatic heterocycles. The summed E-state index contributed by atoms with van der Waals surface area (Å²) >= 11 is 5.91. The van der Waals surface area contributed by atoms with Crippen molar-refractivity contribution in [3.8, 4) is 0 Å². The van der Waals surface area contributed by atoms with Gasteiger partial charge in [0.15, 0.2) is 5.78 Å². The van der Waals surface area contributed by atoms with Crippen molar-refractivity contribution in [2.75, 3.05) is 0 Å². The van der Waals surface area contributed by atoms with Gasteiger partial charge in [0.1, 0.15) is 5.56 Å². The van der Waals surface area contributed by atoms with Gasteiger partial charge in [-0.15, -0.1) is 0 Å². The number of hydrogen-bond donors (Lipinski definition) is 1. The average molecular weight is 348 g/mol. The Morgan fingerprint density at radius 3 is 2.58 bits per heavy atom. The molecule has 0 aliphatic carbocycles. The summed E-state index contributed by atoms with van der Waals surface area (Å²) in [5.74, 6) is -0.760. The lowest BCUT2D eigenvalue weighted by atomic mass is 10.1. The Morgan fingerprint density at radius 1 is 1.29 bits per heavy atom. The number of aromatic nitrogens is 1. The Kier molecular flexibility index (Phi) is 5.25.